The van der Waals surface area contributed by atoms with Gasteiger partial charge in [0.2, 0.25) is 0 Å². The predicted molar refractivity (Wildman–Crippen MR) is 115 cm³/mol. The lowest BCUT2D eigenvalue weighted by atomic mass is 10.2. The van der Waals surface area contributed by atoms with Crippen LogP contribution in [0.5, 0.6) is 11.5 Å². The van der Waals surface area contributed by atoms with Crippen molar-refractivity contribution in [3.05, 3.63) is 59.1 Å². The molecule has 2 heterocycles. The zero-order valence-electron chi connectivity index (χ0n) is 16.4. The fourth-order valence-corrected chi connectivity index (χ4v) is 4.11. The van der Waals surface area contributed by atoms with Crippen molar-refractivity contribution in [3.8, 4) is 22.1 Å². The fraction of sp³-hybridized carbons (Fsp3) is 0.227. The second-order valence-corrected chi connectivity index (χ2v) is 7.80. The van der Waals surface area contributed by atoms with Gasteiger partial charge in [0.15, 0.2) is 11.5 Å². The van der Waals surface area contributed by atoms with Crippen LogP contribution in [0.2, 0.25) is 0 Å². The van der Waals surface area contributed by atoms with Gasteiger partial charge in [-0.25, -0.2) is 4.98 Å². The molecule has 0 atom stereocenters. The summed E-state index contributed by atoms with van der Waals surface area (Å²) in [4.78, 5) is 30.0. The van der Waals surface area contributed by atoms with Gasteiger partial charge in [-0.3, -0.25) is 9.59 Å². The van der Waals surface area contributed by atoms with Crippen molar-refractivity contribution in [2.24, 2.45) is 0 Å². The van der Waals surface area contributed by atoms with Crippen LogP contribution in [0.25, 0.3) is 10.6 Å². The Labute approximate surface area is 178 Å². The first-order valence-corrected chi connectivity index (χ1v) is 10.4. The minimum atomic E-state index is -0.724. The summed E-state index contributed by atoms with van der Waals surface area (Å²) in [6.07, 6.45) is 0.610. The molecule has 154 valence electrons. The maximum absolute atomic E-state index is 12.2. The molecule has 1 aliphatic heterocycles. The number of rotatable bonds is 5. The van der Waals surface area contributed by atoms with Gasteiger partial charge >= 0.3 is 11.8 Å². The van der Waals surface area contributed by atoms with E-state index in [0.29, 0.717) is 43.4 Å². The molecule has 0 spiro atoms. The molecular weight excluding hydrogens is 402 g/mol. The number of ether oxygens (including phenoxy) is 2. The van der Waals surface area contributed by atoms with Gasteiger partial charge in [-0.1, -0.05) is 30.3 Å². The monoisotopic (exact) mass is 423 g/mol. The molecule has 1 aliphatic rings. The molecule has 2 N–H and O–H groups in total. The minimum Gasteiger partial charge on any atom is -0.486 e. The number of nitrogens with zero attached hydrogens (tertiary/aromatic N) is 1. The van der Waals surface area contributed by atoms with Crippen molar-refractivity contribution in [3.63, 3.8) is 0 Å². The molecule has 0 fully saturated rings. The number of aryl methyl sites for hydroxylation is 1. The number of carbonyl (C=O) groups excluding carboxylic acids is 2. The van der Waals surface area contributed by atoms with E-state index in [1.165, 1.54) is 0 Å². The van der Waals surface area contributed by atoms with Gasteiger partial charge in [0.25, 0.3) is 0 Å². The number of aromatic nitrogens is 1. The second-order valence-electron chi connectivity index (χ2n) is 6.71. The summed E-state index contributed by atoms with van der Waals surface area (Å²) < 4.78 is 10.9. The summed E-state index contributed by atoms with van der Waals surface area (Å²) in [6, 6.07) is 15.0. The largest absolute Gasteiger partial charge is 0.486 e. The Bertz CT molecular complexity index is 1070. The highest BCUT2D eigenvalue weighted by Gasteiger charge is 2.17. The van der Waals surface area contributed by atoms with E-state index < -0.39 is 11.8 Å². The van der Waals surface area contributed by atoms with E-state index in [0.717, 1.165) is 21.1 Å². The first kappa shape index (κ1) is 19.9. The molecule has 0 saturated carbocycles. The van der Waals surface area contributed by atoms with Gasteiger partial charge in [0.1, 0.15) is 18.2 Å². The van der Waals surface area contributed by atoms with Crippen molar-refractivity contribution >= 4 is 28.8 Å². The van der Waals surface area contributed by atoms with Crippen LogP contribution in [0.3, 0.4) is 0 Å². The molecule has 0 bridgehead atoms. The van der Waals surface area contributed by atoms with Crippen LogP contribution < -0.4 is 20.1 Å². The third kappa shape index (κ3) is 4.60. The molecule has 0 radical (unpaired) electrons. The van der Waals surface area contributed by atoms with Crippen LogP contribution in [-0.2, 0) is 16.0 Å². The molecule has 0 unspecified atom stereocenters. The first-order chi connectivity index (χ1) is 14.6. The number of nitrogens with one attached hydrogen (secondary N) is 2. The first-order valence-electron chi connectivity index (χ1n) is 9.61. The number of hydrogen-bond donors (Lipinski definition) is 2. The van der Waals surface area contributed by atoms with Crippen LogP contribution in [-0.4, -0.2) is 36.6 Å². The molecule has 0 aliphatic carbocycles. The van der Waals surface area contributed by atoms with Crippen molar-refractivity contribution in [2.45, 2.75) is 13.3 Å². The number of amides is 2. The van der Waals surface area contributed by atoms with Crippen molar-refractivity contribution in [1.29, 1.82) is 0 Å². The van der Waals surface area contributed by atoms with E-state index in [2.05, 4.69) is 15.6 Å². The standard InChI is InChI=1S/C22H21N3O4S/c1-14-19(30-22(24-14)15-5-3-2-4-6-15)9-10-23-20(26)21(27)25-16-7-8-17-18(13-16)29-12-11-28-17/h2-8,13H,9-12H2,1H3,(H,23,26)(H,25,27). The second kappa shape index (κ2) is 8.96. The van der Waals surface area contributed by atoms with Crippen molar-refractivity contribution in [1.82, 2.24) is 10.3 Å². The quantitative estimate of drug-likeness (QED) is 0.615. The Morgan fingerprint density at radius 1 is 1.03 bits per heavy atom. The lowest BCUT2D eigenvalue weighted by Crippen LogP contribution is -2.36. The third-order valence-corrected chi connectivity index (χ3v) is 5.82. The van der Waals surface area contributed by atoms with E-state index in [4.69, 9.17) is 9.47 Å². The summed E-state index contributed by atoms with van der Waals surface area (Å²) in [6.45, 7) is 3.25. The summed E-state index contributed by atoms with van der Waals surface area (Å²) >= 11 is 1.60. The topological polar surface area (TPSA) is 89.6 Å². The minimum absolute atomic E-state index is 0.352. The molecule has 0 saturated heterocycles. The molecule has 1 aromatic heterocycles. The molecule has 2 amide bonds. The molecule has 30 heavy (non-hydrogen) atoms. The van der Waals surface area contributed by atoms with Gasteiger partial charge in [0, 0.05) is 35.2 Å². The van der Waals surface area contributed by atoms with Gasteiger partial charge in [-0.2, -0.15) is 0 Å². The molecule has 2 aromatic carbocycles. The van der Waals surface area contributed by atoms with Gasteiger partial charge in [-0.15, -0.1) is 11.3 Å². The molecule has 4 rings (SSSR count). The average molecular weight is 423 g/mol. The van der Waals surface area contributed by atoms with Crippen molar-refractivity contribution in [2.75, 3.05) is 25.1 Å². The van der Waals surface area contributed by atoms with Gasteiger partial charge in [-0.05, 0) is 19.1 Å². The highest BCUT2D eigenvalue weighted by atomic mass is 32.1. The Morgan fingerprint density at radius 3 is 2.60 bits per heavy atom. The smallest absolute Gasteiger partial charge is 0.313 e. The Kier molecular flexibility index (Phi) is 5.94. The number of hydrogen-bond acceptors (Lipinski definition) is 6. The predicted octanol–water partition coefficient (Wildman–Crippen LogP) is 3.19. The third-order valence-electron chi connectivity index (χ3n) is 4.56. The average Bonchev–Trinajstić information content (AvgIpc) is 3.14. The lowest BCUT2D eigenvalue weighted by molar-refractivity contribution is -0.136. The Morgan fingerprint density at radius 2 is 1.80 bits per heavy atom. The number of anilines is 1. The SMILES string of the molecule is Cc1nc(-c2ccccc2)sc1CCNC(=O)C(=O)Nc1ccc2c(c1)OCCO2. The molecule has 3 aromatic rings. The zero-order chi connectivity index (χ0) is 20.9. The molecule has 8 heteroatoms. The van der Waals surface area contributed by atoms with E-state index >= 15 is 0 Å². The fourth-order valence-electron chi connectivity index (χ4n) is 3.04. The van der Waals surface area contributed by atoms with Crippen LogP contribution >= 0.6 is 11.3 Å². The number of benzene rings is 2. The number of fused-ring (bicyclic) bond motifs is 1. The summed E-state index contributed by atoms with van der Waals surface area (Å²) in [7, 11) is 0. The number of thiazole rings is 1. The Balaban J connectivity index is 1.30. The van der Waals surface area contributed by atoms with E-state index in [9.17, 15) is 9.59 Å². The van der Waals surface area contributed by atoms with E-state index in [1.54, 1.807) is 29.5 Å². The normalized spacial score (nSPS) is 12.3. The molecular formula is C22H21N3O4S. The van der Waals surface area contributed by atoms with Crippen LogP contribution in [0.1, 0.15) is 10.6 Å². The van der Waals surface area contributed by atoms with Crippen molar-refractivity contribution < 1.29 is 19.1 Å². The Hall–Kier alpha value is -3.39. The van der Waals surface area contributed by atoms with Crippen LogP contribution in [0.4, 0.5) is 5.69 Å². The molecule has 7 nitrogen and oxygen atoms in total. The number of carbonyl (C=O) groups is 2. The lowest BCUT2D eigenvalue weighted by Gasteiger charge is -2.18. The summed E-state index contributed by atoms with van der Waals surface area (Å²) in [5.41, 5.74) is 2.48. The van der Waals surface area contributed by atoms with Gasteiger partial charge < -0.3 is 20.1 Å². The highest BCUT2D eigenvalue weighted by molar-refractivity contribution is 7.15. The highest BCUT2D eigenvalue weighted by Crippen LogP contribution is 2.32. The van der Waals surface area contributed by atoms with E-state index in [-0.39, 0.29) is 0 Å². The maximum Gasteiger partial charge on any atom is 0.313 e. The van der Waals surface area contributed by atoms with Crippen LogP contribution in [0.15, 0.2) is 48.5 Å². The summed E-state index contributed by atoms with van der Waals surface area (Å²) in [5, 5.41) is 6.19. The van der Waals surface area contributed by atoms with Crippen LogP contribution in [0, 0.1) is 6.92 Å². The summed E-state index contributed by atoms with van der Waals surface area (Å²) in [5.74, 6) is -0.235. The zero-order valence-corrected chi connectivity index (χ0v) is 17.3. The van der Waals surface area contributed by atoms with Gasteiger partial charge in [0.05, 0.1) is 5.69 Å². The maximum atomic E-state index is 12.2. The van der Waals surface area contributed by atoms with E-state index in [1.807, 2.05) is 37.3 Å².